The van der Waals surface area contributed by atoms with Crippen LogP contribution in [0, 0.1) is 11.8 Å². The van der Waals surface area contributed by atoms with Crippen molar-refractivity contribution in [3.05, 3.63) is 30.2 Å². The van der Waals surface area contributed by atoms with Crippen LogP contribution in [-0.2, 0) is 9.53 Å². The fourth-order valence-corrected chi connectivity index (χ4v) is 3.47. The Morgan fingerprint density at radius 2 is 2.14 bits per heavy atom. The summed E-state index contributed by atoms with van der Waals surface area (Å²) in [6.07, 6.45) is 3.56. The Balaban J connectivity index is 2.04. The number of hydrogen-bond donors (Lipinski definition) is 4. The van der Waals surface area contributed by atoms with E-state index in [1.165, 1.54) is 7.11 Å². The second-order valence-corrected chi connectivity index (χ2v) is 7.43. The van der Waals surface area contributed by atoms with E-state index in [0.717, 1.165) is 30.7 Å². The lowest BCUT2D eigenvalue weighted by molar-refractivity contribution is -0.121. The molecule has 0 fully saturated rings. The smallest absolute Gasteiger partial charge is 0.411 e. The van der Waals surface area contributed by atoms with E-state index in [2.05, 4.69) is 25.3 Å². The number of ether oxygens (including phenoxy) is 1. The molecule has 2 atom stereocenters. The van der Waals surface area contributed by atoms with Gasteiger partial charge in [-0.25, -0.2) is 9.78 Å². The Labute approximate surface area is 164 Å². The summed E-state index contributed by atoms with van der Waals surface area (Å²) < 4.78 is 4.65. The van der Waals surface area contributed by atoms with Crippen LogP contribution in [0.4, 0.5) is 16.2 Å². The molecule has 0 aliphatic carbocycles. The minimum atomic E-state index is -0.576. The van der Waals surface area contributed by atoms with Crippen LogP contribution in [0.5, 0.6) is 0 Å². The molecule has 2 bridgehead atoms. The number of carbonyl (C=O) groups excluding carboxylic acids is 2. The summed E-state index contributed by atoms with van der Waals surface area (Å²) in [4.78, 5) is 32.3. The molecule has 2 heterocycles. The molecular formula is C20H27N5O3. The number of nitrogens with zero attached hydrogens (tertiary/aromatic N) is 1. The fraction of sp³-hybridized carbons (Fsp3) is 0.450. The summed E-state index contributed by atoms with van der Waals surface area (Å²) in [7, 11) is 1.30. The highest BCUT2D eigenvalue weighted by Crippen LogP contribution is 2.33. The summed E-state index contributed by atoms with van der Waals surface area (Å²) in [5, 5.41) is 5.66. The molecule has 5 N–H and O–H groups in total. The summed E-state index contributed by atoms with van der Waals surface area (Å²) in [5.74, 6) is 0.755. The SMILES string of the molecule is COC(=O)Nc1ccc2c(c1)NC(=O)C(C(C)C)CCC[C@H](N)c1nc-2c[nH]1. The average molecular weight is 385 g/mol. The van der Waals surface area contributed by atoms with Gasteiger partial charge in [0.15, 0.2) is 0 Å². The summed E-state index contributed by atoms with van der Waals surface area (Å²) in [6.45, 7) is 4.09. The molecule has 150 valence electrons. The molecule has 3 rings (SSSR count). The van der Waals surface area contributed by atoms with Gasteiger partial charge < -0.3 is 20.8 Å². The molecular weight excluding hydrogens is 358 g/mol. The molecule has 1 unspecified atom stereocenters. The predicted octanol–water partition coefficient (Wildman–Crippen LogP) is 3.65. The molecule has 0 saturated heterocycles. The van der Waals surface area contributed by atoms with Crippen LogP contribution >= 0.6 is 0 Å². The first-order valence-corrected chi connectivity index (χ1v) is 9.50. The van der Waals surface area contributed by atoms with Gasteiger partial charge in [0.2, 0.25) is 5.91 Å². The largest absolute Gasteiger partial charge is 0.453 e. The normalized spacial score (nSPS) is 19.8. The minimum absolute atomic E-state index is 0.0450. The van der Waals surface area contributed by atoms with Crippen LogP contribution < -0.4 is 16.4 Å². The van der Waals surface area contributed by atoms with Crippen molar-refractivity contribution >= 4 is 23.4 Å². The first kappa shape index (κ1) is 19.9. The molecule has 1 aromatic heterocycles. The Bertz CT molecular complexity index is 861. The van der Waals surface area contributed by atoms with Gasteiger partial charge in [-0.05, 0) is 37.0 Å². The number of fused-ring (bicyclic) bond motifs is 4. The predicted molar refractivity (Wildman–Crippen MR) is 108 cm³/mol. The molecule has 2 amide bonds. The van der Waals surface area contributed by atoms with Crippen molar-refractivity contribution in [2.24, 2.45) is 17.6 Å². The zero-order chi connectivity index (χ0) is 20.3. The van der Waals surface area contributed by atoms with Crippen molar-refractivity contribution in [3.63, 3.8) is 0 Å². The molecule has 1 aliphatic rings. The maximum atomic E-state index is 13.0. The number of rotatable bonds is 2. The van der Waals surface area contributed by atoms with Gasteiger partial charge in [0, 0.05) is 23.4 Å². The van der Waals surface area contributed by atoms with Gasteiger partial charge in [-0.3, -0.25) is 10.1 Å². The molecule has 0 saturated carbocycles. The Morgan fingerprint density at radius 1 is 1.36 bits per heavy atom. The number of nitrogens with two attached hydrogens (primary N) is 1. The number of anilines is 2. The number of aromatic nitrogens is 2. The number of methoxy groups -OCH3 is 1. The van der Waals surface area contributed by atoms with Gasteiger partial charge in [0.05, 0.1) is 24.5 Å². The van der Waals surface area contributed by atoms with Gasteiger partial charge in [-0.2, -0.15) is 0 Å². The fourth-order valence-electron chi connectivity index (χ4n) is 3.47. The number of aromatic amines is 1. The van der Waals surface area contributed by atoms with Gasteiger partial charge in [-0.15, -0.1) is 0 Å². The highest BCUT2D eigenvalue weighted by Gasteiger charge is 2.25. The van der Waals surface area contributed by atoms with Crippen molar-refractivity contribution < 1.29 is 14.3 Å². The molecule has 28 heavy (non-hydrogen) atoms. The van der Waals surface area contributed by atoms with Gasteiger partial charge in [0.1, 0.15) is 5.82 Å². The van der Waals surface area contributed by atoms with Gasteiger partial charge >= 0.3 is 6.09 Å². The number of hydrogen-bond acceptors (Lipinski definition) is 5. The van der Waals surface area contributed by atoms with Crippen molar-refractivity contribution in [2.45, 2.75) is 39.2 Å². The molecule has 1 aromatic carbocycles. The van der Waals surface area contributed by atoms with E-state index in [4.69, 9.17) is 5.73 Å². The van der Waals surface area contributed by atoms with E-state index in [1.807, 2.05) is 19.9 Å². The average Bonchev–Trinajstić information content (AvgIpc) is 3.14. The maximum absolute atomic E-state index is 13.0. The summed E-state index contributed by atoms with van der Waals surface area (Å²) in [5.41, 5.74) is 8.82. The lowest BCUT2D eigenvalue weighted by atomic mass is 9.88. The molecule has 1 aliphatic heterocycles. The second-order valence-electron chi connectivity index (χ2n) is 7.43. The Hall–Kier alpha value is -2.87. The number of H-pyrrole nitrogens is 1. The van der Waals surface area contributed by atoms with Crippen molar-refractivity contribution in [1.82, 2.24) is 9.97 Å². The number of benzene rings is 1. The molecule has 8 heteroatoms. The Kier molecular flexibility index (Phi) is 5.99. The maximum Gasteiger partial charge on any atom is 0.411 e. The van der Waals surface area contributed by atoms with Gasteiger partial charge in [0.25, 0.3) is 0 Å². The monoisotopic (exact) mass is 385 g/mol. The second kappa shape index (κ2) is 8.43. The highest BCUT2D eigenvalue weighted by molar-refractivity contribution is 5.98. The van der Waals surface area contributed by atoms with Gasteiger partial charge in [-0.1, -0.05) is 20.3 Å². The zero-order valence-electron chi connectivity index (χ0n) is 16.4. The van der Waals surface area contributed by atoms with Crippen molar-refractivity contribution in [2.75, 3.05) is 17.7 Å². The van der Waals surface area contributed by atoms with Crippen molar-refractivity contribution in [3.8, 4) is 11.3 Å². The quantitative estimate of drug-likeness (QED) is 0.628. The highest BCUT2D eigenvalue weighted by atomic mass is 16.5. The summed E-state index contributed by atoms with van der Waals surface area (Å²) in [6, 6.07) is 5.05. The number of nitrogens with one attached hydrogen (secondary N) is 3. The molecule has 8 nitrogen and oxygen atoms in total. The van der Waals surface area contributed by atoms with E-state index in [9.17, 15) is 9.59 Å². The van der Waals surface area contributed by atoms with E-state index >= 15 is 0 Å². The third-order valence-electron chi connectivity index (χ3n) is 5.11. The minimum Gasteiger partial charge on any atom is -0.453 e. The molecule has 0 radical (unpaired) electrons. The standard InChI is InChI=1S/C20H27N5O3/c1-11(2)13-5-4-6-15(21)18-22-10-17(24-18)14-8-7-12(23-20(27)28-3)9-16(14)25-19(13)26/h7-11,13,15H,4-6,21H2,1-3H3,(H,22,24)(H,23,27)(H,25,26)/t13?,15-/m0/s1. The van der Waals surface area contributed by atoms with Crippen LogP contribution in [0.15, 0.2) is 24.4 Å². The third kappa shape index (κ3) is 4.33. The van der Waals surface area contributed by atoms with Crippen LogP contribution in [-0.4, -0.2) is 29.1 Å². The van der Waals surface area contributed by atoms with E-state index in [1.54, 1.807) is 18.3 Å². The molecule has 0 spiro atoms. The topological polar surface area (TPSA) is 122 Å². The lowest BCUT2D eigenvalue weighted by Crippen LogP contribution is -2.28. The van der Waals surface area contributed by atoms with Crippen LogP contribution in [0.2, 0.25) is 0 Å². The summed E-state index contributed by atoms with van der Waals surface area (Å²) >= 11 is 0. The Morgan fingerprint density at radius 3 is 2.86 bits per heavy atom. The van der Waals surface area contributed by atoms with Crippen molar-refractivity contribution in [1.29, 1.82) is 0 Å². The molecule has 2 aromatic rings. The van der Waals surface area contributed by atoms with Crippen LogP contribution in [0.25, 0.3) is 11.3 Å². The first-order chi connectivity index (χ1) is 13.4. The van der Waals surface area contributed by atoms with Crippen LogP contribution in [0.1, 0.15) is 45.0 Å². The van der Waals surface area contributed by atoms with E-state index in [-0.39, 0.29) is 23.8 Å². The van der Waals surface area contributed by atoms with Crippen LogP contribution in [0.3, 0.4) is 0 Å². The third-order valence-corrected chi connectivity index (χ3v) is 5.11. The number of amides is 2. The van der Waals surface area contributed by atoms with E-state index in [0.29, 0.717) is 17.1 Å². The number of carbonyl (C=O) groups is 2. The lowest BCUT2D eigenvalue weighted by Gasteiger charge is -2.22. The zero-order valence-corrected chi connectivity index (χ0v) is 16.4. The first-order valence-electron chi connectivity index (χ1n) is 9.50. The number of imidazole rings is 1. The van der Waals surface area contributed by atoms with E-state index < -0.39 is 6.09 Å².